The predicted octanol–water partition coefficient (Wildman–Crippen LogP) is 1.76. The minimum Gasteiger partial charge on any atom is -0.368 e. The summed E-state index contributed by atoms with van der Waals surface area (Å²) in [6.07, 6.45) is 3.54. The van der Waals surface area contributed by atoms with Crippen molar-refractivity contribution in [3.63, 3.8) is 0 Å². The fourth-order valence-corrected chi connectivity index (χ4v) is 2.53. The van der Waals surface area contributed by atoms with Crippen molar-refractivity contribution in [2.45, 2.75) is 12.5 Å². The summed E-state index contributed by atoms with van der Waals surface area (Å²) in [4.78, 5) is 24.0. The first-order chi connectivity index (χ1) is 12.1. The third-order valence-corrected chi connectivity index (χ3v) is 3.74. The van der Waals surface area contributed by atoms with Crippen molar-refractivity contribution >= 4 is 11.8 Å². The second kappa shape index (κ2) is 7.44. The highest BCUT2D eigenvalue weighted by molar-refractivity contribution is 5.88. The van der Waals surface area contributed by atoms with Gasteiger partial charge in [0.05, 0.1) is 18.3 Å². The van der Waals surface area contributed by atoms with Gasteiger partial charge in [-0.1, -0.05) is 48.5 Å². The van der Waals surface area contributed by atoms with Crippen LogP contribution in [0.3, 0.4) is 0 Å². The fraction of sp³-hybridized carbons (Fsp3) is 0.105. The van der Waals surface area contributed by atoms with Gasteiger partial charge in [0.2, 0.25) is 11.8 Å². The Labute approximate surface area is 145 Å². The molecule has 6 nitrogen and oxygen atoms in total. The smallest absolute Gasteiger partial charge is 0.244 e. The van der Waals surface area contributed by atoms with Gasteiger partial charge >= 0.3 is 0 Å². The molecule has 3 rings (SSSR count). The largest absolute Gasteiger partial charge is 0.368 e. The molecule has 1 atom stereocenters. The van der Waals surface area contributed by atoms with Gasteiger partial charge in [0.25, 0.3) is 0 Å². The molecule has 0 bridgehead atoms. The van der Waals surface area contributed by atoms with Crippen LogP contribution in [0.2, 0.25) is 0 Å². The Bertz CT molecular complexity index is 859. The Hall–Kier alpha value is -3.41. The second-order valence-corrected chi connectivity index (χ2v) is 5.62. The summed E-state index contributed by atoms with van der Waals surface area (Å²) < 4.78 is 1.70. The van der Waals surface area contributed by atoms with Gasteiger partial charge < -0.3 is 11.1 Å². The van der Waals surface area contributed by atoms with E-state index < -0.39 is 11.9 Å². The Kier molecular flexibility index (Phi) is 4.89. The van der Waals surface area contributed by atoms with Crippen molar-refractivity contribution in [1.82, 2.24) is 15.1 Å². The first-order valence-corrected chi connectivity index (χ1v) is 7.86. The van der Waals surface area contributed by atoms with Gasteiger partial charge in [-0.3, -0.25) is 9.59 Å². The number of aromatic nitrogens is 2. The molecule has 1 heterocycles. The highest BCUT2D eigenvalue weighted by Gasteiger charge is 2.20. The molecule has 6 heteroatoms. The molecule has 2 aromatic carbocycles. The highest BCUT2D eigenvalue weighted by atomic mass is 16.2. The van der Waals surface area contributed by atoms with Crippen molar-refractivity contribution in [2.24, 2.45) is 5.73 Å². The summed E-state index contributed by atoms with van der Waals surface area (Å²) in [6, 6.07) is 17.7. The number of primary amides is 1. The lowest BCUT2D eigenvalue weighted by Gasteiger charge is -2.15. The Balaban J connectivity index is 1.68. The summed E-state index contributed by atoms with van der Waals surface area (Å²) in [5.41, 5.74) is 7.73. The summed E-state index contributed by atoms with van der Waals surface area (Å²) >= 11 is 0. The molecule has 0 aliphatic rings. The lowest BCUT2D eigenvalue weighted by Crippen LogP contribution is -2.38. The average Bonchev–Trinajstić information content (AvgIpc) is 3.09. The van der Waals surface area contributed by atoms with Crippen molar-refractivity contribution in [1.29, 1.82) is 0 Å². The number of benzene rings is 2. The first kappa shape index (κ1) is 16.4. The summed E-state index contributed by atoms with van der Waals surface area (Å²) in [5.74, 6) is -0.889. The number of hydrogen-bond acceptors (Lipinski definition) is 3. The monoisotopic (exact) mass is 334 g/mol. The Morgan fingerprint density at radius 1 is 1.04 bits per heavy atom. The Morgan fingerprint density at radius 2 is 1.68 bits per heavy atom. The third-order valence-electron chi connectivity index (χ3n) is 3.74. The van der Waals surface area contributed by atoms with E-state index in [4.69, 9.17) is 5.73 Å². The van der Waals surface area contributed by atoms with Crippen LogP contribution in [-0.2, 0) is 16.0 Å². The van der Waals surface area contributed by atoms with E-state index in [0.29, 0.717) is 5.56 Å². The van der Waals surface area contributed by atoms with Gasteiger partial charge in [-0.25, -0.2) is 4.68 Å². The number of nitrogens with zero attached hydrogens (tertiary/aromatic N) is 2. The van der Waals surface area contributed by atoms with Gasteiger partial charge in [0.1, 0.15) is 6.04 Å². The molecule has 3 aromatic rings. The number of carbonyl (C=O) groups excluding carboxylic acids is 2. The van der Waals surface area contributed by atoms with Crippen molar-refractivity contribution in [3.05, 3.63) is 84.2 Å². The molecule has 2 amide bonds. The molecule has 0 unspecified atom stereocenters. The number of para-hydroxylation sites is 1. The van der Waals surface area contributed by atoms with Crippen LogP contribution in [0.25, 0.3) is 5.69 Å². The van der Waals surface area contributed by atoms with Crippen LogP contribution in [0.15, 0.2) is 73.1 Å². The highest BCUT2D eigenvalue weighted by Crippen LogP contribution is 2.13. The summed E-state index contributed by atoms with van der Waals surface area (Å²) in [7, 11) is 0. The molecule has 0 spiro atoms. The minimum atomic E-state index is -0.849. The zero-order valence-corrected chi connectivity index (χ0v) is 13.5. The molecule has 126 valence electrons. The predicted molar refractivity (Wildman–Crippen MR) is 93.8 cm³/mol. The van der Waals surface area contributed by atoms with Gasteiger partial charge in [0, 0.05) is 6.20 Å². The maximum absolute atomic E-state index is 12.3. The lowest BCUT2D eigenvalue weighted by molar-refractivity contribution is -0.127. The van der Waals surface area contributed by atoms with Crippen LogP contribution in [-0.4, -0.2) is 21.6 Å². The van der Waals surface area contributed by atoms with Gasteiger partial charge in [0.15, 0.2) is 0 Å². The van der Waals surface area contributed by atoms with E-state index >= 15 is 0 Å². The van der Waals surface area contributed by atoms with Crippen LogP contribution in [0, 0.1) is 0 Å². The van der Waals surface area contributed by atoms with E-state index in [0.717, 1.165) is 11.3 Å². The van der Waals surface area contributed by atoms with E-state index in [-0.39, 0.29) is 12.3 Å². The normalized spacial score (nSPS) is 11.7. The molecule has 0 saturated carbocycles. The van der Waals surface area contributed by atoms with E-state index in [2.05, 4.69) is 10.4 Å². The molecule has 1 aromatic heterocycles. The number of carbonyl (C=O) groups is 2. The number of hydrogen-bond donors (Lipinski definition) is 2. The molecule has 3 N–H and O–H groups in total. The second-order valence-electron chi connectivity index (χ2n) is 5.62. The molecule has 25 heavy (non-hydrogen) atoms. The molecule has 0 fully saturated rings. The van der Waals surface area contributed by atoms with Crippen LogP contribution in [0.5, 0.6) is 0 Å². The van der Waals surface area contributed by atoms with Crippen molar-refractivity contribution < 1.29 is 9.59 Å². The van der Waals surface area contributed by atoms with Gasteiger partial charge in [-0.15, -0.1) is 0 Å². The third kappa shape index (κ3) is 4.11. The fourth-order valence-electron chi connectivity index (χ4n) is 2.53. The topological polar surface area (TPSA) is 90.0 Å². The minimum absolute atomic E-state index is 0.115. The molecular formula is C19H18N4O2. The molecule has 0 aliphatic heterocycles. The van der Waals surface area contributed by atoms with Crippen LogP contribution < -0.4 is 11.1 Å². The quantitative estimate of drug-likeness (QED) is 0.720. The number of nitrogens with two attached hydrogens (primary N) is 1. The average molecular weight is 334 g/mol. The number of rotatable bonds is 6. The molecule has 0 radical (unpaired) electrons. The van der Waals surface area contributed by atoms with Crippen molar-refractivity contribution in [3.8, 4) is 5.69 Å². The maximum atomic E-state index is 12.3. The van der Waals surface area contributed by atoms with E-state index in [1.165, 1.54) is 0 Å². The van der Waals surface area contributed by atoms with Crippen LogP contribution in [0.4, 0.5) is 0 Å². The standard InChI is InChI=1S/C19H18N4O2/c20-19(25)18(15-7-3-1-4-8-15)22-17(24)11-14-12-21-23(13-14)16-9-5-2-6-10-16/h1-10,12-13,18H,11H2,(H2,20,25)(H,22,24)/t18-/m0/s1. The van der Waals surface area contributed by atoms with E-state index in [9.17, 15) is 9.59 Å². The molecule has 0 aliphatic carbocycles. The number of amides is 2. The summed E-state index contributed by atoms with van der Waals surface area (Å²) in [5, 5.41) is 6.94. The van der Waals surface area contributed by atoms with Crippen molar-refractivity contribution in [2.75, 3.05) is 0 Å². The summed E-state index contributed by atoms with van der Waals surface area (Å²) in [6.45, 7) is 0. The molecule has 0 saturated heterocycles. The van der Waals surface area contributed by atoms with Gasteiger partial charge in [-0.2, -0.15) is 5.10 Å². The van der Waals surface area contributed by atoms with Gasteiger partial charge in [-0.05, 0) is 23.3 Å². The zero-order chi connectivity index (χ0) is 17.6. The first-order valence-electron chi connectivity index (χ1n) is 7.86. The zero-order valence-electron chi connectivity index (χ0n) is 13.5. The van der Waals surface area contributed by atoms with E-state index in [1.807, 2.05) is 36.4 Å². The molecular weight excluding hydrogens is 316 g/mol. The Morgan fingerprint density at radius 3 is 2.32 bits per heavy atom. The maximum Gasteiger partial charge on any atom is 0.244 e. The van der Waals surface area contributed by atoms with Crippen LogP contribution in [0.1, 0.15) is 17.2 Å². The number of nitrogens with one attached hydrogen (secondary N) is 1. The SMILES string of the molecule is NC(=O)[C@@H](NC(=O)Cc1cnn(-c2ccccc2)c1)c1ccccc1. The lowest BCUT2D eigenvalue weighted by atomic mass is 10.1. The van der Waals surface area contributed by atoms with Crippen LogP contribution >= 0.6 is 0 Å². The van der Waals surface area contributed by atoms with E-state index in [1.54, 1.807) is 41.3 Å².